The quantitative estimate of drug-likeness (QED) is 0.624. The number of rotatable bonds is 6. The van der Waals surface area contributed by atoms with Crippen molar-refractivity contribution >= 4 is 18.2 Å². The van der Waals surface area contributed by atoms with Crippen molar-refractivity contribution in [2.24, 2.45) is 0 Å². The molecule has 0 aliphatic rings. The lowest BCUT2D eigenvalue weighted by atomic mass is 9.70. The van der Waals surface area contributed by atoms with Crippen LogP contribution < -0.4 is 0 Å². The fraction of sp³-hybridized carbons (Fsp3) is 0.222. The molecule has 2 aromatic carbocycles. The summed E-state index contributed by atoms with van der Waals surface area (Å²) in [4.78, 5) is 0. The van der Waals surface area contributed by atoms with Crippen LogP contribution >= 0.6 is 0 Å². The van der Waals surface area contributed by atoms with Crippen molar-refractivity contribution in [3.63, 3.8) is 0 Å². The summed E-state index contributed by atoms with van der Waals surface area (Å²) < 4.78 is 0. The summed E-state index contributed by atoms with van der Waals surface area (Å²) >= 11 is 0. The highest BCUT2D eigenvalue weighted by Crippen LogP contribution is 2.31. The maximum Gasteiger partial charge on any atom is 0.489 e. The second-order valence-electron chi connectivity index (χ2n) is 5.10. The van der Waals surface area contributed by atoms with Crippen molar-refractivity contribution in [3.8, 4) is 0 Å². The van der Waals surface area contributed by atoms with Gasteiger partial charge in [0.15, 0.2) is 0 Å². The summed E-state index contributed by atoms with van der Waals surface area (Å²) in [6.45, 7) is 2.14. The van der Waals surface area contributed by atoms with Crippen LogP contribution in [0.3, 0.4) is 0 Å². The van der Waals surface area contributed by atoms with Gasteiger partial charge in [0, 0.05) is 0 Å². The van der Waals surface area contributed by atoms with Gasteiger partial charge in [-0.25, -0.2) is 0 Å². The van der Waals surface area contributed by atoms with Crippen LogP contribution in [0, 0.1) is 0 Å². The van der Waals surface area contributed by atoms with Gasteiger partial charge >= 0.3 is 7.12 Å². The third-order valence-corrected chi connectivity index (χ3v) is 3.57. The summed E-state index contributed by atoms with van der Waals surface area (Å²) in [7, 11) is -1.47. The largest absolute Gasteiger partial charge is 0.489 e. The Labute approximate surface area is 126 Å². The zero-order valence-electron chi connectivity index (χ0n) is 12.4. The summed E-state index contributed by atoms with van der Waals surface area (Å²) in [6.07, 6.45) is 2.93. The molecule has 0 aliphatic carbocycles. The average molecular weight is 280 g/mol. The molecule has 21 heavy (non-hydrogen) atoms. The van der Waals surface area contributed by atoms with Crippen molar-refractivity contribution in [1.82, 2.24) is 0 Å². The Morgan fingerprint density at radius 2 is 1.38 bits per heavy atom. The molecule has 0 saturated carbocycles. The molecule has 0 saturated heterocycles. The molecule has 2 rings (SSSR count). The normalized spacial score (nSPS) is 12.0. The first-order valence-corrected chi connectivity index (χ1v) is 7.44. The van der Waals surface area contributed by atoms with Crippen LogP contribution in [0.5, 0.6) is 0 Å². The first kappa shape index (κ1) is 15.6. The second-order valence-corrected chi connectivity index (χ2v) is 5.10. The van der Waals surface area contributed by atoms with Gasteiger partial charge in [-0.3, -0.25) is 0 Å². The smallest absolute Gasteiger partial charge is 0.423 e. The standard InChI is InChI=1S/C18H21BO2/c1-2-3-14-17(15-10-6-4-7-11-15)18(19(20)21)16-12-8-5-9-13-16/h4-13,20-21H,2-3,14H2,1H3/b18-17+. The first-order chi connectivity index (χ1) is 10.2. The van der Waals surface area contributed by atoms with Crippen LogP contribution in [-0.4, -0.2) is 17.2 Å². The van der Waals surface area contributed by atoms with Gasteiger partial charge in [-0.2, -0.15) is 0 Å². The fourth-order valence-electron chi connectivity index (χ4n) is 2.52. The van der Waals surface area contributed by atoms with Crippen LogP contribution in [0.15, 0.2) is 60.7 Å². The average Bonchev–Trinajstić information content (AvgIpc) is 2.52. The van der Waals surface area contributed by atoms with E-state index in [1.807, 2.05) is 60.7 Å². The van der Waals surface area contributed by atoms with Gasteiger partial charge in [0.2, 0.25) is 0 Å². The zero-order valence-corrected chi connectivity index (χ0v) is 12.4. The zero-order chi connectivity index (χ0) is 15.1. The third-order valence-electron chi connectivity index (χ3n) is 3.57. The molecule has 2 aromatic rings. The molecule has 0 aliphatic heterocycles. The number of benzene rings is 2. The van der Waals surface area contributed by atoms with Crippen molar-refractivity contribution in [3.05, 3.63) is 71.8 Å². The molecule has 0 fully saturated rings. The van der Waals surface area contributed by atoms with Crippen LogP contribution in [-0.2, 0) is 0 Å². The topological polar surface area (TPSA) is 40.5 Å². The van der Waals surface area contributed by atoms with E-state index in [0.29, 0.717) is 5.47 Å². The van der Waals surface area contributed by atoms with Gasteiger partial charge in [0.1, 0.15) is 0 Å². The van der Waals surface area contributed by atoms with Crippen molar-refractivity contribution in [1.29, 1.82) is 0 Å². The van der Waals surface area contributed by atoms with Crippen LogP contribution in [0.4, 0.5) is 0 Å². The summed E-state index contributed by atoms with van der Waals surface area (Å²) in [6, 6.07) is 19.6. The van der Waals surface area contributed by atoms with Crippen LogP contribution in [0.2, 0.25) is 0 Å². The predicted octanol–water partition coefficient (Wildman–Crippen LogP) is 3.80. The molecule has 2 N–H and O–H groups in total. The van der Waals surface area contributed by atoms with Gasteiger partial charge in [-0.1, -0.05) is 74.0 Å². The highest BCUT2D eigenvalue weighted by molar-refractivity contribution is 6.68. The molecule has 0 atom stereocenters. The molecule has 0 spiro atoms. The number of hydrogen-bond acceptors (Lipinski definition) is 2. The molecule has 0 heterocycles. The Morgan fingerprint density at radius 1 is 0.857 bits per heavy atom. The van der Waals surface area contributed by atoms with Gasteiger partial charge in [0.25, 0.3) is 0 Å². The molecule has 3 heteroatoms. The maximum absolute atomic E-state index is 9.89. The van der Waals surface area contributed by atoms with E-state index in [4.69, 9.17) is 0 Å². The number of allylic oxidation sites excluding steroid dienone is 1. The molecule has 0 amide bonds. The van der Waals surface area contributed by atoms with E-state index in [0.717, 1.165) is 36.0 Å². The maximum atomic E-state index is 9.89. The van der Waals surface area contributed by atoms with E-state index >= 15 is 0 Å². The van der Waals surface area contributed by atoms with E-state index in [9.17, 15) is 10.0 Å². The lowest BCUT2D eigenvalue weighted by Crippen LogP contribution is -2.16. The van der Waals surface area contributed by atoms with E-state index < -0.39 is 7.12 Å². The highest BCUT2D eigenvalue weighted by Gasteiger charge is 2.22. The first-order valence-electron chi connectivity index (χ1n) is 7.44. The van der Waals surface area contributed by atoms with Crippen molar-refractivity contribution in [2.45, 2.75) is 26.2 Å². The van der Waals surface area contributed by atoms with E-state index in [2.05, 4.69) is 6.92 Å². The molecule has 0 bridgehead atoms. The van der Waals surface area contributed by atoms with Gasteiger partial charge in [-0.15, -0.1) is 0 Å². The Morgan fingerprint density at radius 3 is 1.86 bits per heavy atom. The van der Waals surface area contributed by atoms with E-state index in [-0.39, 0.29) is 0 Å². The summed E-state index contributed by atoms with van der Waals surface area (Å²) in [5.41, 5.74) is 3.54. The molecule has 0 aromatic heterocycles. The van der Waals surface area contributed by atoms with Gasteiger partial charge in [-0.05, 0) is 35.0 Å². The van der Waals surface area contributed by atoms with E-state index in [1.54, 1.807) is 0 Å². The molecule has 0 unspecified atom stereocenters. The summed E-state index contributed by atoms with van der Waals surface area (Å²) in [5, 5.41) is 19.8. The minimum Gasteiger partial charge on any atom is -0.423 e. The monoisotopic (exact) mass is 280 g/mol. The highest BCUT2D eigenvalue weighted by atomic mass is 16.4. The Hall–Kier alpha value is -1.84. The van der Waals surface area contributed by atoms with Crippen molar-refractivity contribution < 1.29 is 10.0 Å². The minimum absolute atomic E-state index is 0.607. The molecule has 0 radical (unpaired) electrons. The number of hydrogen-bond donors (Lipinski definition) is 2. The van der Waals surface area contributed by atoms with Crippen molar-refractivity contribution in [2.75, 3.05) is 0 Å². The molecule has 108 valence electrons. The Balaban J connectivity index is 2.56. The minimum atomic E-state index is -1.47. The van der Waals surface area contributed by atoms with Gasteiger partial charge < -0.3 is 10.0 Å². The number of unbranched alkanes of at least 4 members (excludes halogenated alkanes) is 1. The van der Waals surface area contributed by atoms with Crippen LogP contribution in [0.1, 0.15) is 37.3 Å². The summed E-state index contributed by atoms with van der Waals surface area (Å²) in [5.74, 6) is 0. The lowest BCUT2D eigenvalue weighted by Gasteiger charge is -2.16. The fourth-order valence-corrected chi connectivity index (χ4v) is 2.52. The predicted molar refractivity (Wildman–Crippen MR) is 89.4 cm³/mol. The molecular formula is C18H21BO2. The Bertz CT molecular complexity index is 577. The van der Waals surface area contributed by atoms with Gasteiger partial charge in [0.05, 0.1) is 0 Å². The lowest BCUT2D eigenvalue weighted by molar-refractivity contribution is 0.427. The molecule has 2 nitrogen and oxygen atoms in total. The Kier molecular flexibility index (Phi) is 5.79. The van der Waals surface area contributed by atoms with Crippen LogP contribution in [0.25, 0.3) is 11.0 Å². The third kappa shape index (κ3) is 4.07. The molecular weight excluding hydrogens is 259 g/mol. The second kappa shape index (κ2) is 7.82. The van der Waals surface area contributed by atoms with E-state index in [1.165, 1.54) is 0 Å². The SMILES string of the molecule is CCCC/C(=C(\B(O)O)c1ccccc1)c1ccccc1.